The lowest BCUT2D eigenvalue weighted by Crippen LogP contribution is -2.67. The maximum Gasteiger partial charge on any atom is 0.381 e. The van der Waals surface area contributed by atoms with Gasteiger partial charge in [-0.05, 0) is 24.3 Å². The fraction of sp³-hybridized carbons (Fsp3) is 0.235. The number of rotatable bonds is 5. The Morgan fingerprint density at radius 2 is 1.79 bits per heavy atom. The lowest BCUT2D eigenvalue weighted by Gasteiger charge is -2.29. The van der Waals surface area contributed by atoms with Crippen molar-refractivity contribution in [1.29, 1.82) is 0 Å². The second kappa shape index (κ2) is 7.09. The number of sulfonamides is 1. The van der Waals surface area contributed by atoms with E-state index < -0.39 is 15.8 Å². The van der Waals surface area contributed by atoms with Gasteiger partial charge in [-0.3, -0.25) is 9.32 Å². The molecule has 1 aromatic carbocycles. The summed E-state index contributed by atoms with van der Waals surface area (Å²) in [4.78, 5) is 14.2. The topological polar surface area (TPSA) is 127 Å². The van der Waals surface area contributed by atoms with Crippen molar-refractivity contribution in [1.82, 2.24) is 9.58 Å². The monoisotopic (exact) mass is 404 g/mol. The summed E-state index contributed by atoms with van der Waals surface area (Å²) < 4.78 is 37.0. The molecule has 3 aromatic rings. The van der Waals surface area contributed by atoms with Crippen LogP contribution in [0.5, 0.6) is 0 Å². The van der Waals surface area contributed by atoms with Crippen LogP contribution in [0.1, 0.15) is 16.2 Å². The van der Waals surface area contributed by atoms with Crippen molar-refractivity contribution in [3.63, 3.8) is 0 Å². The maximum atomic E-state index is 12.7. The molecule has 0 spiro atoms. The quantitative estimate of drug-likeness (QED) is 0.465. The molecule has 0 radical (unpaired) electrons. The number of ketones is 1. The van der Waals surface area contributed by atoms with Gasteiger partial charge in [0, 0.05) is 13.1 Å². The fourth-order valence-electron chi connectivity index (χ4n) is 3.03. The SMILES string of the molecule is Nc1on[n+](N2CCN(S(=O)(=O)c3ccccc3)CC2)c1C(=O)c1ccco1. The molecule has 0 saturated carbocycles. The molecule has 1 aliphatic heterocycles. The van der Waals surface area contributed by atoms with Crippen LogP contribution in [0.15, 0.2) is 62.6 Å². The van der Waals surface area contributed by atoms with Crippen molar-refractivity contribution in [3.05, 3.63) is 60.2 Å². The number of nitrogens with two attached hydrogens (primary N) is 1. The highest BCUT2D eigenvalue weighted by Gasteiger charge is 2.39. The first-order chi connectivity index (χ1) is 13.5. The van der Waals surface area contributed by atoms with E-state index in [1.54, 1.807) is 41.4 Å². The minimum atomic E-state index is -3.58. The summed E-state index contributed by atoms with van der Waals surface area (Å²) in [5, 5.41) is 5.53. The number of hydrogen-bond donors (Lipinski definition) is 1. The van der Waals surface area contributed by atoms with Crippen LogP contribution in [0.2, 0.25) is 0 Å². The third-order valence-corrected chi connectivity index (χ3v) is 6.39. The molecule has 11 heteroatoms. The van der Waals surface area contributed by atoms with Crippen molar-refractivity contribution in [2.75, 3.05) is 36.9 Å². The molecule has 1 fully saturated rings. The fourth-order valence-corrected chi connectivity index (χ4v) is 4.48. The second-order valence-corrected chi connectivity index (χ2v) is 8.09. The van der Waals surface area contributed by atoms with Crippen LogP contribution in [0, 0.1) is 0 Å². The molecule has 10 nitrogen and oxygen atoms in total. The zero-order chi connectivity index (χ0) is 19.7. The third kappa shape index (κ3) is 3.14. The molecule has 1 saturated heterocycles. The molecular formula is C17H18N5O5S+. The number of benzene rings is 1. The van der Waals surface area contributed by atoms with Gasteiger partial charge in [0.05, 0.1) is 29.0 Å². The van der Waals surface area contributed by atoms with E-state index in [-0.39, 0.29) is 35.3 Å². The minimum Gasteiger partial charge on any atom is -0.461 e. The molecule has 2 N–H and O–H groups in total. The van der Waals surface area contributed by atoms with Crippen LogP contribution < -0.4 is 15.5 Å². The molecule has 0 atom stereocenters. The third-order valence-electron chi connectivity index (χ3n) is 4.47. The number of furan rings is 1. The van der Waals surface area contributed by atoms with Crippen molar-refractivity contribution in [3.8, 4) is 0 Å². The van der Waals surface area contributed by atoms with Crippen LogP contribution in [-0.4, -0.2) is 50.0 Å². The van der Waals surface area contributed by atoms with E-state index in [0.717, 1.165) is 0 Å². The predicted octanol–water partition coefficient (Wildman–Crippen LogP) is 0.0108. The van der Waals surface area contributed by atoms with Gasteiger partial charge in [-0.2, -0.15) is 4.31 Å². The van der Waals surface area contributed by atoms with E-state index in [2.05, 4.69) is 5.27 Å². The average molecular weight is 404 g/mol. The van der Waals surface area contributed by atoms with E-state index >= 15 is 0 Å². The summed E-state index contributed by atoms with van der Waals surface area (Å²) in [5.41, 5.74) is 5.82. The molecule has 3 heterocycles. The van der Waals surface area contributed by atoms with Gasteiger partial charge < -0.3 is 10.2 Å². The number of nitrogen functional groups attached to an aromatic ring is 1. The van der Waals surface area contributed by atoms with E-state index in [1.807, 2.05) is 0 Å². The van der Waals surface area contributed by atoms with Crippen LogP contribution in [0.25, 0.3) is 0 Å². The summed E-state index contributed by atoms with van der Waals surface area (Å²) in [6.45, 7) is 1.07. The smallest absolute Gasteiger partial charge is 0.381 e. The number of hydrogen-bond acceptors (Lipinski definition) is 8. The highest BCUT2D eigenvalue weighted by Crippen LogP contribution is 2.17. The highest BCUT2D eigenvalue weighted by atomic mass is 32.2. The first kappa shape index (κ1) is 18.2. The lowest BCUT2D eigenvalue weighted by molar-refractivity contribution is -0.760. The van der Waals surface area contributed by atoms with Gasteiger partial charge in [0.25, 0.3) is 0 Å². The molecule has 0 bridgehead atoms. The number of carbonyl (C=O) groups excluding carboxylic acids is 1. The van der Waals surface area contributed by atoms with E-state index in [9.17, 15) is 13.2 Å². The highest BCUT2D eigenvalue weighted by molar-refractivity contribution is 7.89. The molecule has 0 aliphatic carbocycles. The average Bonchev–Trinajstić information content (AvgIpc) is 3.38. The van der Waals surface area contributed by atoms with Crippen molar-refractivity contribution < 1.29 is 26.9 Å². The number of anilines is 1. The summed E-state index contributed by atoms with van der Waals surface area (Å²) in [6, 6.07) is 11.4. The molecule has 2 aromatic heterocycles. The maximum absolute atomic E-state index is 12.7. The molecule has 0 amide bonds. The lowest BCUT2D eigenvalue weighted by atomic mass is 10.2. The molecular weight excluding hydrogens is 386 g/mol. The predicted molar refractivity (Wildman–Crippen MR) is 96.4 cm³/mol. The van der Waals surface area contributed by atoms with Crippen molar-refractivity contribution in [2.45, 2.75) is 4.90 Å². The summed E-state index contributed by atoms with van der Waals surface area (Å²) >= 11 is 0. The molecule has 1 aliphatic rings. The largest absolute Gasteiger partial charge is 0.461 e. The summed E-state index contributed by atoms with van der Waals surface area (Å²) in [6.07, 6.45) is 1.38. The first-order valence-electron chi connectivity index (χ1n) is 8.54. The van der Waals surface area contributed by atoms with Gasteiger partial charge >= 0.3 is 17.4 Å². The normalized spacial score (nSPS) is 15.6. The number of nitrogens with zero attached hydrogens (tertiary/aromatic N) is 4. The van der Waals surface area contributed by atoms with Crippen LogP contribution in [-0.2, 0) is 10.0 Å². The van der Waals surface area contributed by atoms with E-state index in [4.69, 9.17) is 14.7 Å². The molecule has 4 rings (SSSR count). The Kier molecular flexibility index (Phi) is 4.61. The van der Waals surface area contributed by atoms with E-state index in [0.29, 0.717) is 13.1 Å². The zero-order valence-electron chi connectivity index (χ0n) is 14.8. The van der Waals surface area contributed by atoms with Crippen molar-refractivity contribution in [2.24, 2.45) is 0 Å². The van der Waals surface area contributed by atoms with Gasteiger partial charge in [-0.15, -0.1) is 5.01 Å². The van der Waals surface area contributed by atoms with E-state index in [1.165, 1.54) is 21.4 Å². The summed E-state index contributed by atoms with van der Waals surface area (Å²) in [7, 11) is -3.58. The van der Waals surface area contributed by atoms with Crippen LogP contribution >= 0.6 is 0 Å². The number of aromatic nitrogens is 2. The first-order valence-corrected chi connectivity index (χ1v) is 9.98. The van der Waals surface area contributed by atoms with Gasteiger partial charge in [-0.1, -0.05) is 18.2 Å². The molecule has 146 valence electrons. The van der Waals surface area contributed by atoms with Gasteiger partial charge in [0.1, 0.15) is 0 Å². The summed E-state index contributed by atoms with van der Waals surface area (Å²) in [5.74, 6) is -0.502. The molecule has 28 heavy (non-hydrogen) atoms. The van der Waals surface area contributed by atoms with Gasteiger partial charge in [0.2, 0.25) is 15.3 Å². The van der Waals surface area contributed by atoms with Gasteiger partial charge in [-0.25, -0.2) is 8.42 Å². The van der Waals surface area contributed by atoms with Crippen LogP contribution in [0.3, 0.4) is 0 Å². The van der Waals surface area contributed by atoms with Crippen molar-refractivity contribution >= 4 is 21.7 Å². The standard InChI is InChI=1S/C17H17N5O5S/c18-17-15(16(23)14-7-4-12-26-14)22(19-27-17)20-8-10-21(11-9-20)28(24,25)13-5-2-1-3-6-13/h1-7,12H,8-11H2,(H-,18,19,23)/p+1. The Morgan fingerprint density at radius 1 is 1.07 bits per heavy atom. The Balaban J connectivity index is 1.53. The number of carbonyl (C=O) groups is 1. The zero-order valence-corrected chi connectivity index (χ0v) is 15.6. The minimum absolute atomic E-state index is 0.0364. The Bertz CT molecular complexity index is 1070. The Labute approximate surface area is 160 Å². The Morgan fingerprint density at radius 3 is 2.43 bits per heavy atom. The second-order valence-electron chi connectivity index (χ2n) is 6.15. The van der Waals surface area contributed by atoms with Gasteiger partial charge in [0.15, 0.2) is 5.76 Å². The molecule has 0 unspecified atom stereocenters. The Hall–Kier alpha value is -3.18. The van der Waals surface area contributed by atoms with Crippen LogP contribution in [0.4, 0.5) is 5.88 Å². The number of piperazine rings is 1.